The third-order valence-electron chi connectivity index (χ3n) is 5.82. The van der Waals surface area contributed by atoms with E-state index in [-0.39, 0.29) is 23.8 Å². The summed E-state index contributed by atoms with van der Waals surface area (Å²) >= 11 is 0. The van der Waals surface area contributed by atoms with Crippen LogP contribution >= 0.6 is 0 Å². The van der Waals surface area contributed by atoms with Crippen molar-refractivity contribution in [1.29, 1.82) is 0 Å². The molecule has 1 amide bonds. The molecule has 176 valence electrons. The van der Waals surface area contributed by atoms with E-state index in [4.69, 9.17) is 4.74 Å². The molecule has 1 aromatic heterocycles. The maximum absolute atomic E-state index is 13.0. The zero-order valence-corrected chi connectivity index (χ0v) is 19.2. The number of nitrogens with one attached hydrogen (secondary N) is 3. The van der Waals surface area contributed by atoms with Crippen molar-refractivity contribution >= 4 is 32.8 Å². The fourth-order valence-electron chi connectivity index (χ4n) is 4.26. The van der Waals surface area contributed by atoms with E-state index in [1.165, 1.54) is 8.61 Å². The number of benzene rings is 1. The van der Waals surface area contributed by atoms with Crippen molar-refractivity contribution in [2.45, 2.75) is 32.5 Å². The van der Waals surface area contributed by atoms with Crippen LogP contribution in [0.2, 0.25) is 0 Å². The van der Waals surface area contributed by atoms with E-state index in [0.717, 1.165) is 0 Å². The molecule has 32 heavy (non-hydrogen) atoms. The Morgan fingerprint density at radius 3 is 2.41 bits per heavy atom. The van der Waals surface area contributed by atoms with Crippen molar-refractivity contribution in [2.75, 3.05) is 51.1 Å². The molecule has 0 saturated carbocycles. The molecule has 0 aliphatic carbocycles. The van der Waals surface area contributed by atoms with Crippen molar-refractivity contribution in [3.8, 4) is 0 Å². The van der Waals surface area contributed by atoms with Crippen LogP contribution in [0.25, 0.3) is 11.0 Å². The summed E-state index contributed by atoms with van der Waals surface area (Å²) in [4.78, 5) is 31.1. The Balaban J connectivity index is 1.24. The van der Waals surface area contributed by atoms with Gasteiger partial charge in [0.2, 0.25) is 5.91 Å². The monoisotopic (exact) mass is 466 g/mol. The van der Waals surface area contributed by atoms with Crippen LogP contribution in [-0.2, 0) is 19.7 Å². The van der Waals surface area contributed by atoms with Crippen LogP contribution < -0.4 is 11.0 Å². The number of carbonyl (C=O) groups excluding carboxylic acids is 1. The summed E-state index contributed by atoms with van der Waals surface area (Å²) < 4.78 is 34.7. The van der Waals surface area contributed by atoms with Gasteiger partial charge in [-0.15, -0.1) is 0 Å². The van der Waals surface area contributed by atoms with Gasteiger partial charge in [-0.25, -0.2) is 4.79 Å². The predicted molar refractivity (Wildman–Crippen MR) is 121 cm³/mol. The SMILES string of the molecule is CC1CN(S(=O)(=O)N2CCN(CCC(=O)Nc3ccc4[nH]c(=O)[nH]c4c3)CC2)CC(C)O1. The van der Waals surface area contributed by atoms with E-state index in [1.54, 1.807) is 18.2 Å². The van der Waals surface area contributed by atoms with Gasteiger partial charge in [0.1, 0.15) is 0 Å². The molecule has 2 saturated heterocycles. The second-order valence-corrected chi connectivity index (χ2v) is 10.4. The zero-order chi connectivity index (χ0) is 22.9. The highest BCUT2D eigenvalue weighted by Gasteiger charge is 2.36. The molecule has 2 fully saturated rings. The summed E-state index contributed by atoms with van der Waals surface area (Å²) in [6, 6.07) is 5.18. The molecular weight excluding hydrogens is 436 g/mol. The summed E-state index contributed by atoms with van der Waals surface area (Å²) in [5.41, 5.74) is 1.64. The Kier molecular flexibility index (Phi) is 6.67. The largest absolute Gasteiger partial charge is 0.373 e. The molecule has 11 nitrogen and oxygen atoms in total. The molecule has 2 aliphatic heterocycles. The van der Waals surface area contributed by atoms with Crippen LogP contribution in [0.3, 0.4) is 0 Å². The van der Waals surface area contributed by atoms with Crippen molar-refractivity contribution < 1.29 is 17.9 Å². The predicted octanol–water partition coefficient (Wildman–Crippen LogP) is 0.156. The second-order valence-electron chi connectivity index (χ2n) is 8.46. The molecule has 3 N–H and O–H groups in total. The van der Waals surface area contributed by atoms with Crippen LogP contribution in [0.1, 0.15) is 20.3 Å². The van der Waals surface area contributed by atoms with E-state index < -0.39 is 10.2 Å². The van der Waals surface area contributed by atoms with Crippen molar-refractivity contribution in [2.24, 2.45) is 0 Å². The molecule has 0 radical (unpaired) electrons. The molecule has 12 heteroatoms. The summed E-state index contributed by atoms with van der Waals surface area (Å²) in [7, 11) is -3.51. The van der Waals surface area contributed by atoms with Gasteiger partial charge >= 0.3 is 5.69 Å². The Bertz CT molecular complexity index is 1110. The number of hydrogen-bond acceptors (Lipinski definition) is 6. The minimum Gasteiger partial charge on any atom is -0.373 e. The van der Waals surface area contributed by atoms with Gasteiger partial charge in [0, 0.05) is 57.9 Å². The average molecular weight is 467 g/mol. The number of carbonyl (C=O) groups is 1. The highest BCUT2D eigenvalue weighted by Crippen LogP contribution is 2.19. The average Bonchev–Trinajstić information content (AvgIpc) is 3.11. The Hall–Kier alpha value is -2.25. The highest BCUT2D eigenvalue weighted by molar-refractivity contribution is 7.86. The van der Waals surface area contributed by atoms with Gasteiger partial charge in [0.15, 0.2) is 0 Å². The fourth-order valence-corrected chi connectivity index (χ4v) is 6.01. The number of anilines is 1. The number of rotatable bonds is 6. The molecule has 4 rings (SSSR count). The molecule has 2 atom stereocenters. The van der Waals surface area contributed by atoms with E-state index in [2.05, 4.69) is 20.2 Å². The van der Waals surface area contributed by atoms with E-state index in [9.17, 15) is 18.0 Å². The van der Waals surface area contributed by atoms with E-state index in [0.29, 0.717) is 69.0 Å². The molecule has 0 spiro atoms. The van der Waals surface area contributed by atoms with Gasteiger partial charge in [-0.05, 0) is 32.0 Å². The quantitative estimate of drug-likeness (QED) is 0.556. The number of fused-ring (bicyclic) bond motifs is 1. The molecule has 1 aromatic carbocycles. The number of amides is 1. The lowest BCUT2D eigenvalue weighted by molar-refractivity contribution is -0.116. The number of aromatic nitrogens is 2. The van der Waals surface area contributed by atoms with Crippen LogP contribution in [0, 0.1) is 0 Å². The smallest absolute Gasteiger partial charge is 0.323 e. The van der Waals surface area contributed by atoms with Crippen LogP contribution in [-0.4, -0.2) is 95.8 Å². The molecule has 3 heterocycles. The number of imidazole rings is 1. The molecule has 0 bridgehead atoms. The lowest BCUT2D eigenvalue weighted by Crippen LogP contribution is -2.57. The first-order valence-corrected chi connectivity index (χ1v) is 12.3. The van der Waals surface area contributed by atoms with Crippen molar-refractivity contribution in [1.82, 2.24) is 23.5 Å². The van der Waals surface area contributed by atoms with Gasteiger partial charge < -0.3 is 24.9 Å². The molecule has 2 aromatic rings. The van der Waals surface area contributed by atoms with Crippen LogP contribution in [0.4, 0.5) is 5.69 Å². The Morgan fingerprint density at radius 2 is 1.72 bits per heavy atom. The third-order valence-corrected chi connectivity index (χ3v) is 7.79. The number of aromatic amines is 2. The summed E-state index contributed by atoms with van der Waals surface area (Å²) in [6.45, 7) is 7.04. The zero-order valence-electron chi connectivity index (χ0n) is 18.3. The summed E-state index contributed by atoms with van der Waals surface area (Å²) in [6.07, 6.45) is 0.0606. The number of morpholine rings is 1. The van der Waals surface area contributed by atoms with Crippen molar-refractivity contribution in [3.63, 3.8) is 0 Å². The van der Waals surface area contributed by atoms with Gasteiger partial charge in [0.05, 0.1) is 23.2 Å². The number of H-pyrrole nitrogens is 2. The van der Waals surface area contributed by atoms with Gasteiger partial charge in [-0.1, -0.05) is 0 Å². The van der Waals surface area contributed by atoms with Crippen LogP contribution in [0.5, 0.6) is 0 Å². The first-order chi connectivity index (χ1) is 15.2. The van der Waals surface area contributed by atoms with Gasteiger partial charge in [0.25, 0.3) is 10.2 Å². The van der Waals surface area contributed by atoms with E-state index in [1.807, 2.05) is 13.8 Å². The minimum atomic E-state index is -3.51. The van der Waals surface area contributed by atoms with Gasteiger partial charge in [-0.2, -0.15) is 17.0 Å². The minimum absolute atomic E-state index is 0.119. The van der Waals surface area contributed by atoms with Gasteiger partial charge in [-0.3, -0.25) is 4.79 Å². The summed E-state index contributed by atoms with van der Waals surface area (Å²) in [5.74, 6) is -0.131. The number of piperazine rings is 1. The number of hydrogen-bond donors (Lipinski definition) is 3. The molecule has 2 unspecified atom stereocenters. The second kappa shape index (κ2) is 9.32. The van der Waals surface area contributed by atoms with E-state index >= 15 is 0 Å². The maximum Gasteiger partial charge on any atom is 0.323 e. The highest BCUT2D eigenvalue weighted by atomic mass is 32.2. The normalized spacial score (nSPS) is 24.1. The molecule has 2 aliphatic rings. The topological polar surface area (TPSA) is 131 Å². The maximum atomic E-state index is 13.0. The molecular formula is C20H30N6O5S. The Labute approximate surface area is 186 Å². The first kappa shape index (κ1) is 22.9. The lowest BCUT2D eigenvalue weighted by atomic mass is 10.2. The number of nitrogens with zero attached hydrogens (tertiary/aromatic N) is 3. The first-order valence-electron chi connectivity index (χ1n) is 10.9. The fraction of sp³-hybridized carbons (Fsp3) is 0.600. The summed E-state index contributed by atoms with van der Waals surface area (Å²) in [5, 5.41) is 2.84. The number of ether oxygens (including phenoxy) is 1. The Morgan fingerprint density at radius 1 is 1.06 bits per heavy atom. The lowest BCUT2D eigenvalue weighted by Gasteiger charge is -2.40. The standard InChI is InChI=1S/C20H30N6O5S/c1-14-12-26(13-15(2)31-14)32(29,30)25-9-7-24(8-10-25)6-5-19(27)21-16-3-4-17-18(11-16)23-20(28)22-17/h3-4,11,14-15H,5-10,12-13H2,1-2H3,(H,21,27)(H2,22,23,28). The third kappa shape index (κ3) is 5.21. The van der Waals surface area contributed by atoms with Crippen molar-refractivity contribution in [3.05, 3.63) is 28.7 Å². The van der Waals surface area contributed by atoms with Crippen LogP contribution in [0.15, 0.2) is 23.0 Å².